The van der Waals surface area contributed by atoms with Crippen molar-refractivity contribution in [2.24, 2.45) is 11.7 Å². The molecule has 1 atom stereocenters. The Balaban J connectivity index is 2.95. The fourth-order valence-electron chi connectivity index (χ4n) is 1.65. The molecule has 1 aromatic rings. The zero-order chi connectivity index (χ0) is 16.4. The maximum Gasteiger partial charge on any atom is 0.243 e. The van der Waals surface area contributed by atoms with Crippen LogP contribution in [0.15, 0.2) is 17.0 Å². The van der Waals surface area contributed by atoms with Gasteiger partial charge in [0.1, 0.15) is 0 Å². The standard InChI is InChI=1S/C13H19F3N2O2S/c1-8(2)12(17)4-5-18(3)21(19,20)9-6-10(14)13(16)11(15)7-9/h6-8,12H,4-5,17H2,1-3H3. The van der Waals surface area contributed by atoms with Crippen molar-refractivity contribution in [1.82, 2.24) is 4.31 Å². The van der Waals surface area contributed by atoms with E-state index >= 15 is 0 Å². The first-order chi connectivity index (χ1) is 9.57. The van der Waals surface area contributed by atoms with Crippen molar-refractivity contribution in [3.05, 3.63) is 29.6 Å². The van der Waals surface area contributed by atoms with Gasteiger partial charge in [0.05, 0.1) is 4.90 Å². The maximum atomic E-state index is 13.1. The molecule has 0 aliphatic rings. The van der Waals surface area contributed by atoms with Crippen LogP contribution in [0.2, 0.25) is 0 Å². The molecule has 21 heavy (non-hydrogen) atoms. The molecule has 0 saturated carbocycles. The molecule has 0 spiro atoms. The SMILES string of the molecule is CC(C)C(N)CCN(C)S(=O)(=O)c1cc(F)c(F)c(F)c1. The average Bonchev–Trinajstić information content (AvgIpc) is 2.40. The number of rotatable bonds is 6. The third-order valence-corrected chi connectivity index (χ3v) is 5.13. The van der Waals surface area contributed by atoms with Crippen molar-refractivity contribution in [2.75, 3.05) is 13.6 Å². The van der Waals surface area contributed by atoms with Crippen LogP contribution in [-0.2, 0) is 10.0 Å². The summed E-state index contributed by atoms with van der Waals surface area (Å²) in [6.07, 6.45) is 0.402. The highest BCUT2D eigenvalue weighted by molar-refractivity contribution is 7.89. The molecule has 1 aromatic carbocycles. The second kappa shape index (κ2) is 6.76. The van der Waals surface area contributed by atoms with E-state index in [-0.39, 0.29) is 18.5 Å². The van der Waals surface area contributed by atoms with E-state index in [4.69, 9.17) is 5.73 Å². The monoisotopic (exact) mass is 324 g/mol. The van der Waals surface area contributed by atoms with Crippen molar-refractivity contribution in [3.63, 3.8) is 0 Å². The van der Waals surface area contributed by atoms with Crippen LogP contribution < -0.4 is 5.73 Å². The Morgan fingerprint density at radius 2 is 1.67 bits per heavy atom. The minimum atomic E-state index is -4.09. The number of nitrogens with zero attached hydrogens (tertiary/aromatic N) is 1. The number of nitrogens with two attached hydrogens (primary N) is 1. The van der Waals surface area contributed by atoms with Crippen LogP contribution in [0.1, 0.15) is 20.3 Å². The molecule has 8 heteroatoms. The van der Waals surface area contributed by atoms with Gasteiger partial charge in [-0.15, -0.1) is 0 Å². The highest BCUT2D eigenvalue weighted by Crippen LogP contribution is 2.20. The molecule has 0 aliphatic carbocycles. The lowest BCUT2D eigenvalue weighted by molar-refractivity contribution is 0.396. The largest absolute Gasteiger partial charge is 0.327 e. The Bertz CT molecular complexity index is 582. The summed E-state index contributed by atoms with van der Waals surface area (Å²) in [6.45, 7) is 3.91. The molecule has 0 aliphatic heterocycles. The normalized spacial score (nSPS) is 14.0. The van der Waals surface area contributed by atoms with Gasteiger partial charge in [-0.3, -0.25) is 0 Å². The summed E-state index contributed by atoms with van der Waals surface area (Å²) in [5, 5.41) is 0. The molecular weight excluding hydrogens is 305 g/mol. The summed E-state index contributed by atoms with van der Waals surface area (Å²) in [7, 11) is -2.81. The first-order valence-corrected chi connectivity index (χ1v) is 7.87. The van der Waals surface area contributed by atoms with Gasteiger partial charge in [-0.05, 0) is 24.5 Å². The summed E-state index contributed by atoms with van der Waals surface area (Å²) in [5.74, 6) is -4.60. The van der Waals surface area contributed by atoms with Crippen molar-refractivity contribution < 1.29 is 21.6 Å². The smallest absolute Gasteiger partial charge is 0.243 e. The molecule has 0 saturated heterocycles. The predicted molar refractivity (Wildman–Crippen MR) is 73.6 cm³/mol. The Morgan fingerprint density at radius 3 is 2.10 bits per heavy atom. The van der Waals surface area contributed by atoms with Crippen LogP contribution in [0.4, 0.5) is 13.2 Å². The zero-order valence-corrected chi connectivity index (χ0v) is 12.9. The highest BCUT2D eigenvalue weighted by atomic mass is 32.2. The fourth-order valence-corrected chi connectivity index (χ4v) is 2.86. The van der Waals surface area contributed by atoms with Gasteiger partial charge in [0, 0.05) is 19.6 Å². The minimum Gasteiger partial charge on any atom is -0.327 e. The maximum absolute atomic E-state index is 13.1. The summed E-state index contributed by atoms with van der Waals surface area (Å²) < 4.78 is 64.4. The molecule has 0 fully saturated rings. The molecule has 2 N–H and O–H groups in total. The van der Waals surface area contributed by atoms with Crippen molar-refractivity contribution >= 4 is 10.0 Å². The molecule has 1 unspecified atom stereocenters. The van der Waals surface area contributed by atoms with Gasteiger partial charge in [-0.25, -0.2) is 25.9 Å². The van der Waals surface area contributed by atoms with Crippen molar-refractivity contribution in [2.45, 2.75) is 31.2 Å². The van der Waals surface area contributed by atoms with E-state index in [1.54, 1.807) is 0 Å². The zero-order valence-electron chi connectivity index (χ0n) is 12.1. The van der Waals surface area contributed by atoms with Gasteiger partial charge in [0.15, 0.2) is 17.5 Å². The number of halogens is 3. The molecule has 1 rings (SSSR count). The van der Waals surface area contributed by atoms with E-state index in [9.17, 15) is 21.6 Å². The van der Waals surface area contributed by atoms with E-state index in [2.05, 4.69) is 0 Å². The van der Waals surface area contributed by atoms with Crippen molar-refractivity contribution in [1.29, 1.82) is 0 Å². The summed E-state index contributed by atoms with van der Waals surface area (Å²) in [6, 6.07) is 0.739. The van der Waals surface area contributed by atoms with Crippen LogP contribution in [-0.4, -0.2) is 32.4 Å². The molecule has 4 nitrogen and oxygen atoms in total. The topological polar surface area (TPSA) is 63.4 Å². The van der Waals surface area contributed by atoms with E-state index in [1.165, 1.54) is 7.05 Å². The van der Waals surface area contributed by atoms with Crippen LogP contribution in [0.5, 0.6) is 0 Å². The lowest BCUT2D eigenvalue weighted by atomic mass is 10.0. The molecule has 120 valence electrons. The lowest BCUT2D eigenvalue weighted by Gasteiger charge is -2.21. The summed E-state index contributed by atoms with van der Waals surface area (Å²) >= 11 is 0. The second-order valence-electron chi connectivity index (χ2n) is 5.22. The molecule has 0 aromatic heterocycles. The van der Waals surface area contributed by atoms with Gasteiger partial charge >= 0.3 is 0 Å². The number of hydrogen-bond acceptors (Lipinski definition) is 3. The van der Waals surface area contributed by atoms with Gasteiger partial charge in [-0.2, -0.15) is 0 Å². The summed E-state index contributed by atoms with van der Waals surface area (Å²) in [4.78, 5) is -0.625. The molecule has 0 radical (unpaired) electrons. The van der Waals surface area contributed by atoms with E-state index < -0.39 is 32.4 Å². The number of sulfonamides is 1. The highest BCUT2D eigenvalue weighted by Gasteiger charge is 2.25. The lowest BCUT2D eigenvalue weighted by Crippen LogP contribution is -2.34. The molecule has 0 bridgehead atoms. The van der Waals surface area contributed by atoms with Gasteiger partial charge in [0.25, 0.3) is 0 Å². The van der Waals surface area contributed by atoms with E-state index in [1.807, 2.05) is 13.8 Å². The Hall–Kier alpha value is -1.12. The predicted octanol–water partition coefficient (Wildman–Crippen LogP) is 2.10. The van der Waals surface area contributed by atoms with Gasteiger partial charge in [-0.1, -0.05) is 13.8 Å². The Kier molecular flexibility index (Phi) is 5.77. The fraction of sp³-hybridized carbons (Fsp3) is 0.538. The van der Waals surface area contributed by atoms with Crippen LogP contribution >= 0.6 is 0 Å². The van der Waals surface area contributed by atoms with Gasteiger partial charge in [0.2, 0.25) is 10.0 Å². The molecular formula is C13H19F3N2O2S. The minimum absolute atomic E-state index is 0.0995. The number of hydrogen-bond donors (Lipinski definition) is 1. The quantitative estimate of drug-likeness (QED) is 0.815. The number of benzene rings is 1. The Labute approximate surface area is 122 Å². The van der Waals surface area contributed by atoms with Crippen molar-refractivity contribution in [3.8, 4) is 0 Å². The van der Waals surface area contributed by atoms with Crippen LogP contribution in [0.25, 0.3) is 0 Å². The third-order valence-electron chi connectivity index (χ3n) is 3.30. The second-order valence-corrected chi connectivity index (χ2v) is 7.27. The molecule has 0 heterocycles. The van der Waals surface area contributed by atoms with E-state index in [0.29, 0.717) is 18.6 Å². The van der Waals surface area contributed by atoms with Gasteiger partial charge < -0.3 is 5.73 Å². The first-order valence-electron chi connectivity index (χ1n) is 6.43. The Morgan fingerprint density at radius 1 is 1.19 bits per heavy atom. The summed E-state index contributed by atoms with van der Waals surface area (Å²) in [5.41, 5.74) is 5.82. The van der Waals surface area contributed by atoms with Crippen LogP contribution in [0, 0.1) is 23.4 Å². The first kappa shape index (κ1) is 17.9. The van der Waals surface area contributed by atoms with E-state index in [0.717, 1.165) is 4.31 Å². The molecule has 0 amide bonds. The van der Waals surface area contributed by atoms with Crippen LogP contribution in [0.3, 0.4) is 0 Å². The third kappa shape index (κ3) is 4.18. The average molecular weight is 324 g/mol.